The molecule has 0 amide bonds. The number of non-ortho nitro benzene ring substituents is 2. The van der Waals surface area contributed by atoms with Gasteiger partial charge in [0.25, 0.3) is 11.4 Å². The number of cyclic esters (lactones) is 3. The zero-order chi connectivity index (χ0) is 57.7. The number of carbonyl (C=O) groups is 4. The lowest BCUT2D eigenvalue weighted by molar-refractivity contribution is -0.385. The maximum atomic E-state index is 14.0. The van der Waals surface area contributed by atoms with Gasteiger partial charge in [-0.25, -0.2) is 29.1 Å². The molecule has 32 nitrogen and oxygen atoms in total. The molecular formula is C46H42F2N12O20. The van der Waals surface area contributed by atoms with E-state index in [2.05, 4.69) is 41.7 Å². The van der Waals surface area contributed by atoms with Crippen LogP contribution in [0.4, 0.5) is 51.0 Å². The van der Waals surface area contributed by atoms with Crippen molar-refractivity contribution in [3.8, 4) is 36.2 Å². The van der Waals surface area contributed by atoms with Gasteiger partial charge in [-0.3, -0.25) is 29.4 Å². The predicted octanol–water partition coefficient (Wildman–Crippen LogP) is 3.73. The van der Waals surface area contributed by atoms with E-state index in [-0.39, 0.29) is 103 Å². The number of aliphatic hydroxyl groups excluding tert-OH is 2. The predicted molar refractivity (Wildman–Crippen MR) is 258 cm³/mol. The van der Waals surface area contributed by atoms with Gasteiger partial charge in [-0.15, -0.1) is 12.8 Å². The van der Waals surface area contributed by atoms with Gasteiger partial charge < -0.3 is 69.0 Å². The Morgan fingerprint density at radius 2 is 1.26 bits per heavy atom. The Kier molecular flexibility index (Phi) is 18.2. The number of terminal acetylenes is 2. The van der Waals surface area contributed by atoms with Crippen LogP contribution in [0.25, 0.3) is 22.3 Å². The van der Waals surface area contributed by atoms with Crippen molar-refractivity contribution in [1.29, 1.82) is 0 Å². The molecule has 3 aliphatic rings. The summed E-state index contributed by atoms with van der Waals surface area (Å²) < 4.78 is 83.2. The largest absolute Gasteiger partial charge is 0.514 e. The fourth-order valence-electron chi connectivity index (χ4n) is 7.54. The van der Waals surface area contributed by atoms with Crippen LogP contribution in [0.5, 0.6) is 11.5 Å². The summed E-state index contributed by atoms with van der Waals surface area (Å²) in [6, 6.07) is 9.06. The third-order valence-corrected chi connectivity index (χ3v) is 11.3. The average Bonchev–Trinajstić information content (AvgIpc) is 4.40. The molecule has 0 aliphatic carbocycles. The van der Waals surface area contributed by atoms with Crippen molar-refractivity contribution in [3.05, 3.63) is 93.6 Å². The van der Waals surface area contributed by atoms with Gasteiger partial charge in [0, 0.05) is 56.7 Å². The quantitative estimate of drug-likeness (QED) is 0.0273. The van der Waals surface area contributed by atoms with Crippen LogP contribution in [-0.2, 0) is 37.9 Å². The first-order valence-corrected chi connectivity index (χ1v) is 23.0. The number of nitrogens with two attached hydrogens (primary N) is 2. The van der Waals surface area contributed by atoms with Crippen molar-refractivity contribution in [2.45, 2.75) is 61.5 Å². The van der Waals surface area contributed by atoms with Gasteiger partial charge in [-0.1, -0.05) is 11.8 Å². The number of fused-ring (bicyclic) bond motifs is 3. The highest BCUT2D eigenvalue weighted by molar-refractivity contribution is 5.82. The third kappa shape index (κ3) is 13.5. The Morgan fingerprint density at radius 3 is 1.75 bits per heavy atom. The number of hydrogen-bond donors (Lipinski definition) is 4. The molecule has 2 aromatic carbocycles. The Morgan fingerprint density at radius 1 is 0.750 bits per heavy atom. The van der Waals surface area contributed by atoms with E-state index >= 15 is 0 Å². The number of nitro benzene ring substituents is 2. The number of aliphatic hydroxyl groups is 2. The van der Waals surface area contributed by atoms with Crippen molar-refractivity contribution in [3.63, 3.8) is 0 Å². The van der Waals surface area contributed by atoms with Crippen LogP contribution >= 0.6 is 0 Å². The molecule has 80 heavy (non-hydrogen) atoms. The van der Waals surface area contributed by atoms with Crippen LogP contribution in [-0.4, -0.2) is 147 Å². The SMILES string of the molecule is C#C[C@@]12COC(=O)OCCCOC(=O)O[C@H]1C[C@H](n1cnc3c(N)nc(F)nc31)O2.C#C[C@]1(COC(=O)Oc2ccc([N+](=O)[O-])cc2)O[C@@H](n2cnc3c(N)nc(F)nc32)C[C@@H]1OC(=O)Oc1ccc([N+](=O)[O-])cc1.OCCCO. The maximum Gasteiger partial charge on any atom is 0.514 e. The van der Waals surface area contributed by atoms with Gasteiger partial charge in [-0.2, -0.15) is 28.7 Å². The number of hydrogen-bond acceptors (Lipinski definition) is 28. The van der Waals surface area contributed by atoms with Crippen molar-refractivity contribution in [2.75, 3.05) is 51.1 Å². The topological polar surface area (TPSA) is 427 Å². The van der Waals surface area contributed by atoms with E-state index in [1.165, 1.54) is 21.8 Å². The smallest absolute Gasteiger partial charge is 0.434 e. The standard InChI is InChI=1S/C26H18FN7O11.C17H16FN5O7.C3H8O2/c1-2-26(12-41-24(35)42-16-7-3-14(4-8-16)33(37)38)18(44-25(36)43-17-9-5-15(6-10-17)34(39)40)11-19(45-26)32-13-29-20-21(28)30-23(27)31-22(20)32;1-2-17-7-28-15(24)26-4-3-5-27-16(25)29-9(17)6-10(30-17)23-8-20-11-12(19)21-14(18)22-13(11)23;4-2-1-3-5/h1,3-10,13,18-19H,11-12H2,(H2,28,30,31);1,8-10H,3-7H2,(H2,19,21,22);4-5H,1-3H2/t18-,19+,26+;9-,10+,17+;/m00./s1. The van der Waals surface area contributed by atoms with E-state index in [9.17, 15) is 48.2 Å². The first-order chi connectivity index (χ1) is 38.3. The Balaban J connectivity index is 0.000000227. The second-order valence-electron chi connectivity index (χ2n) is 16.4. The summed E-state index contributed by atoms with van der Waals surface area (Å²) in [5, 5.41) is 37.6. The van der Waals surface area contributed by atoms with Crippen molar-refractivity contribution >= 4 is 70.0 Å². The normalized spacial score (nSPS) is 21.5. The third-order valence-electron chi connectivity index (χ3n) is 11.3. The number of nitro groups is 2. The van der Waals surface area contributed by atoms with Crippen LogP contribution in [0.2, 0.25) is 0 Å². The number of imidazole rings is 2. The zero-order valence-electron chi connectivity index (χ0n) is 40.9. The van der Waals surface area contributed by atoms with Gasteiger partial charge in [0.2, 0.25) is 11.2 Å². The average molecular weight is 1120 g/mol. The molecule has 0 spiro atoms. The van der Waals surface area contributed by atoms with E-state index in [1.807, 2.05) is 0 Å². The molecule has 9 rings (SSSR count). The van der Waals surface area contributed by atoms with Crippen LogP contribution in [0, 0.1) is 57.1 Å². The lowest BCUT2D eigenvalue weighted by Crippen LogP contribution is -2.46. The van der Waals surface area contributed by atoms with E-state index in [4.69, 9.17) is 81.9 Å². The maximum absolute atomic E-state index is 14.0. The Labute approximate surface area is 446 Å². The fraction of sp³-hybridized carbons (Fsp3) is 0.348. The zero-order valence-corrected chi connectivity index (χ0v) is 40.9. The van der Waals surface area contributed by atoms with E-state index in [0.29, 0.717) is 6.42 Å². The van der Waals surface area contributed by atoms with Crippen LogP contribution in [0.3, 0.4) is 0 Å². The van der Waals surface area contributed by atoms with E-state index in [1.54, 1.807) is 0 Å². The molecular weight excluding hydrogens is 1080 g/mol. The summed E-state index contributed by atoms with van der Waals surface area (Å²) in [6.45, 7) is -1.08. The molecule has 34 heteroatoms. The van der Waals surface area contributed by atoms with Gasteiger partial charge in [0.05, 0.1) is 35.7 Å². The molecule has 6 N–H and O–H groups in total. The van der Waals surface area contributed by atoms with Crippen LogP contribution < -0.4 is 20.9 Å². The van der Waals surface area contributed by atoms with Gasteiger partial charge in [0.1, 0.15) is 37.2 Å². The number of aromatic nitrogens is 8. The minimum absolute atomic E-state index is 0.00863. The Bertz CT molecular complexity index is 3350. The number of anilines is 2. The molecule has 3 aliphatic heterocycles. The van der Waals surface area contributed by atoms with Gasteiger partial charge >= 0.3 is 36.8 Å². The molecule has 0 saturated carbocycles. The molecule has 0 bridgehead atoms. The van der Waals surface area contributed by atoms with E-state index in [0.717, 1.165) is 48.5 Å². The number of nitrogens with zero attached hydrogens (tertiary/aromatic N) is 10. The van der Waals surface area contributed by atoms with Gasteiger partial charge in [0.15, 0.2) is 46.2 Å². The van der Waals surface area contributed by atoms with E-state index < -0.39 is 95.7 Å². The number of carbonyl (C=O) groups excluding carboxylic acids is 4. The highest BCUT2D eigenvalue weighted by Gasteiger charge is 2.54. The summed E-state index contributed by atoms with van der Waals surface area (Å²) in [5.41, 5.74) is 7.45. The molecule has 7 heterocycles. The lowest BCUT2D eigenvalue weighted by Gasteiger charge is -2.28. The summed E-state index contributed by atoms with van der Waals surface area (Å²) >= 11 is 0. The number of benzene rings is 2. The molecule has 0 unspecified atom stereocenters. The van der Waals surface area contributed by atoms with Gasteiger partial charge in [-0.05, 0) is 30.7 Å². The molecule has 3 fully saturated rings. The van der Waals surface area contributed by atoms with Crippen molar-refractivity contribution < 1.29 is 95.4 Å². The molecule has 0 radical (unpaired) electrons. The summed E-state index contributed by atoms with van der Waals surface area (Å²) in [4.78, 5) is 91.9. The van der Waals surface area contributed by atoms with Crippen molar-refractivity contribution in [1.82, 2.24) is 39.0 Å². The number of rotatable bonds is 11. The van der Waals surface area contributed by atoms with Crippen LogP contribution in [0.1, 0.15) is 38.1 Å². The number of halogens is 2. The highest BCUT2D eigenvalue weighted by atomic mass is 19.1. The number of nitrogen functional groups attached to an aromatic ring is 2. The molecule has 3 saturated heterocycles. The van der Waals surface area contributed by atoms with Crippen LogP contribution in [0.15, 0.2) is 61.2 Å². The summed E-state index contributed by atoms with van der Waals surface area (Å²) in [7, 11) is 0. The molecule has 6 aromatic rings. The lowest BCUT2D eigenvalue weighted by atomic mass is 9.98. The first-order valence-electron chi connectivity index (χ1n) is 23.0. The fourth-order valence-corrected chi connectivity index (χ4v) is 7.54. The highest BCUT2D eigenvalue weighted by Crippen LogP contribution is 2.42. The summed E-state index contributed by atoms with van der Waals surface area (Å²) in [5.74, 6) is 4.10. The molecule has 6 atom stereocenters. The minimum Gasteiger partial charge on any atom is -0.434 e. The summed E-state index contributed by atoms with van der Waals surface area (Å²) in [6.07, 6.45) is 3.34. The molecule has 4 aromatic heterocycles. The number of ether oxygens (including phenoxy) is 10. The minimum atomic E-state index is -1.98. The second kappa shape index (κ2) is 25.3. The van der Waals surface area contributed by atoms with Crippen molar-refractivity contribution in [2.24, 2.45) is 0 Å². The second-order valence-corrected chi connectivity index (χ2v) is 16.4. The Hall–Kier alpha value is -10.2. The molecule has 420 valence electrons. The first kappa shape index (κ1) is 57.5. The monoisotopic (exact) mass is 1120 g/mol.